The number of fused-ring (bicyclic) bond motifs is 5. The van der Waals surface area contributed by atoms with Gasteiger partial charge in [-0.15, -0.1) is 0 Å². The minimum Gasteiger partial charge on any atom is -0.465 e. The van der Waals surface area contributed by atoms with Crippen LogP contribution in [-0.2, 0) is 9.53 Å². The van der Waals surface area contributed by atoms with Crippen LogP contribution in [0.25, 0.3) is 0 Å². The summed E-state index contributed by atoms with van der Waals surface area (Å²) >= 11 is 0. The summed E-state index contributed by atoms with van der Waals surface area (Å²) in [5.74, 6) is 1.27. The lowest BCUT2D eigenvalue weighted by Crippen LogP contribution is -2.69. The maximum Gasteiger partial charge on any atom is 0.302 e. The zero-order chi connectivity index (χ0) is 25.8. The molecule has 4 rings (SSSR count). The van der Waals surface area contributed by atoms with E-state index in [0.29, 0.717) is 44.1 Å². The van der Waals surface area contributed by atoms with Gasteiger partial charge in [0.1, 0.15) is 0 Å². The number of carbonyl (C=O) groups excluding carboxylic acids is 1. The maximum atomic E-state index is 11.9. The molecule has 0 aromatic heterocycles. The number of carbonyl (C=O) groups is 1. The Hall–Kier alpha value is -0.690. The quantitative estimate of drug-likeness (QED) is 0.398. The lowest BCUT2D eigenvalue weighted by Gasteiger charge is -2.65. The number of aliphatic hydroxyl groups is 4. The number of rotatable bonds is 7. The molecular formula is C29H50O6. The first-order chi connectivity index (χ1) is 16.4. The lowest BCUT2D eigenvalue weighted by atomic mass is 9.42. The molecule has 4 N–H and O–H groups in total. The minimum atomic E-state index is -1.30. The normalized spacial score (nSPS) is 48.1. The van der Waals surface area contributed by atoms with Crippen molar-refractivity contribution in [3.63, 3.8) is 0 Å². The summed E-state index contributed by atoms with van der Waals surface area (Å²) in [5.41, 5.74) is -2.08. The predicted molar refractivity (Wildman–Crippen MR) is 134 cm³/mol. The van der Waals surface area contributed by atoms with Gasteiger partial charge >= 0.3 is 5.97 Å². The Morgan fingerprint density at radius 1 is 1.06 bits per heavy atom. The van der Waals surface area contributed by atoms with Crippen LogP contribution in [0.3, 0.4) is 0 Å². The molecule has 0 bridgehead atoms. The van der Waals surface area contributed by atoms with Crippen molar-refractivity contribution >= 4 is 5.97 Å². The zero-order valence-corrected chi connectivity index (χ0v) is 22.6. The van der Waals surface area contributed by atoms with E-state index in [1.54, 1.807) is 0 Å². The van der Waals surface area contributed by atoms with Crippen molar-refractivity contribution in [2.75, 3.05) is 6.61 Å². The molecule has 6 heteroatoms. The van der Waals surface area contributed by atoms with Gasteiger partial charge in [-0.05, 0) is 74.0 Å². The summed E-state index contributed by atoms with van der Waals surface area (Å²) in [5, 5.41) is 44.9. The molecule has 0 saturated heterocycles. The summed E-state index contributed by atoms with van der Waals surface area (Å²) < 4.78 is 5.73. The van der Waals surface area contributed by atoms with Gasteiger partial charge in [0.25, 0.3) is 0 Å². The molecule has 6 nitrogen and oxygen atoms in total. The van der Waals surface area contributed by atoms with Crippen LogP contribution in [0.2, 0.25) is 0 Å². The number of esters is 1. The van der Waals surface area contributed by atoms with E-state index in [4.69, 9.17) is 4.74 Å². The van der Waals surface area contributed by atoms with Gasteiger partial charge in [-0.2, -0.15) is 0 Å². The van der Waals surface area contributed by atoms with Gasteiger partial charge in [-0.3, -0.25) is 4.79 Å². The molecule has 0 aromatic carbocycles. The van der Waals surface area contributed by atoms with Gasteiger partial charge < -0.3 is 25.2 Å². The molecule has 0 aliphatic heterocycles. The fraction of sp³-hybridized carbons (Fsp3) is 0.966. The van der Waals surface area contributed by atoms with Gasteiger partial charge in [-0.25, -0.2) is 0 Å². The van der Waals surface area contributed by atoms with E-state index in [1.165, 1.54) is 13.3 Å². The van der Waals surface area contributed by atoms with Crippen LogP contribution in [0.4, 0.5) is 0 Å². The van der Waals surface area contributed by atoms with Crippen molar-refractivity contribution in [3.05, 3.63) is 0 Å². The van der Waals surface area contributed by atoms with Gasteiger partial charge in [0, 0.05) is 24.2 Å². The highest BCUT2D eigenvalue weighted by Crippen LogP contribution is 2.69. The highest BCUT2D eigenvalue weighted by atomic mass is 16.5. The van der Waals surface area contributed by atoms with Crippen molar-refractivity contribution in [1.29, 1.82) is 0 Å². The van der Waals surface area contributed by atoms with E-state index in [0.717, 1.165) is 25.7 Å². The van der Waals surface area contributed by atoms with Crippen molar-refractivity contribution < 1.29 is 30.0 Å². The first-order valence-corrected chi connectivity index (χ1v) is 14.3. The Kier molecular flexibility index (Phi) is 7.72. The summed E-state index contributed by atoms with van der Waals surface area (Å²) in [6.07, 6.45) is 5.90. The van der Waals surface area contributed by atoms with Gasteiger partial charge in [0.15, 0.2) is 0 Å². The van der Waals surface area contributed by atoms with E-state index in [9.17, 15) is 25.2 Å². The van der Waals surface area contributed by atoms with Gasteiger partial charge in [0.05, 0.1) is 30.5 Å². The van der Waals surface area contributed by atoms with Crippen molar-refractivity contribution in [3.8, 4) is 0 Å². The Morgan fingerprint density at radius 3 is 2.43 bits per heavy atom. The van der Waals surface area contributed by atoms with Gasteiger partial charge in [0.2, 0.25) is 0 Å². The lowest BCUT2D eigenvalue weighted by molar-refractivity contribution is -0.270. The second kappa shape index (κ2) is 9.89. The molecule has 0 heterocycles. The summed E-state index contributed by atoms with van der Waals surface area (Å²) in [7, 11) is 0. The first kappa shape index (κ1) is 27.3. The van der Waals surface area contributed by atoms with Crippen LogP contribution in [0.15, 0.2) is 0 Å². The molecule has 35 heavy (non-hydrogen) atoms. The Balaban J connectivity index is 1.66. The topological polar surface area (TPSA) is 107 Å². The third-order valence-corrected chi connectivity index (χ3v) is 11.3. The van der Waals surface area contributed by atoms with E-state index >= 15 is 0 Å². The number of ether oxygens (including phenoxy) is 1. The fourth-order valence-corrected chi connectivity index (χ4v) is 9.54. The predicted octanol–water partition coefficient (Wildman–Crippen LogP) is 4.07. The maximum absolute atomic E-state index is 11.9. The number of hydrogen-bond donors (Lipinski definition) is 4. The smallest absolute Gasteiger partial charge is 0.302 e. The Labute approximate surface area is 211 Å². The van der Waals surface area contributed by atoms with Crippen LogP contribution in [0.5, 0.6) is 0 Å². The van der Waals surface area contributed by atoms with E-state index in [2.05, 4.69) is 27.7 Å². The molecule has 0 unspecified atom stereocenters. The second-order valence-electron chi connectivity index (χ2n) is 13.5. The largest absolute Gasteiger partial charge is 0.465 e. The SMILES string of the molecule is CC(=O)OC[C@]12CC[C@H]3[C@@H](C[C@@H](O)[C@@]4(O)C[C@@H](O)CC[C@]34C)[C@@H]1[C@H](O)C[C@@H]2[C@H](C)CCCC(C)C. The van der Waals surface area contributed by atoms with E-state index < -0.39 is 29.3 Å². The average molecular weight is 495 g/mol. The highest BCUT2D eigenvalue weighted by molar-refractivity contribution is 5.66. The molecule has 4 aliphatic rings. The van der Waals surface area contributed by atoms with Crippen LogP contribution in [0, 0.1) is 46.3 Å². The summed E-state index contributed by atoms with van der Waals surface area (Å²) in [6.45, 7) is 10.7. The molecule has 4 saturated carbocycles. The third kappa shape index (κ3) is 4.49. The minimum absolute atomic E-state index is 0.0546. The monoisotopic (exact) mass is 494 g/mol. The summed E-state index contributed by atoms with van der Waals surface area (Å²) in [4.78, 5) is 11.9. The van der Waals surface area contributed by atoms with Crippen LogP contribution in [-0.4, -0.2) is 56.9 Å². The van der Waals surface area contributed by atoms with Crippen molar-refractivity contribution in [2.45, 2.75) is 123 Å². The molecule has 4 aliphatic carbocycles. The molecule has 4 fully saturated rings. The fourth-order valence-electron chi connectivity index (χ4n) is 9.54. The van der Waals surface area contributed by atoms with Crippen LogP contribution in [0.1, 0.15) is 98.8 Å². The summed E-state index contributed by atoms with van der Waals surface area (Å²) in [6, 6.07) is 0. The van der Waals surface area contributed by atoms with Crippen molar-refractivity contribution in [2.24, 2.45) is 46.3 Å². The molecule has 0 amide bonds. The first-order valence-electron chi connectivity index (χ1n) is 14.3. The Morgan fingerprint density at radius 2 is 1.77 bits per heavy atom. The van der Waals surface area contributed by atoms with Gasteiger partial charge in [-0.1, -0.05) is 47.0 Å². The molecule has 202 valence electrons. The number of aliphatic hydroxyl groups excluding tert-OH is 3. The standard InChI is InChI=1S/C29H50O6/c1-17(2)7-6-8-18(3)23-14-24(32)26-21-13-25(33)29(34)15-20(31)9-11-27(29,5)22(21)10-12-28(23,26)16-35-19(4)30/h17-18,20-26,31-34H,6-16H2,1-5H3/t18-,20+,21-,22+,23-,24-,25-,26-,27-,28+,29+/m1/s1. The molecule has 0 aromatic rings. The van der Waals surface area contributed by atoms with Crippen LogP contribution >= 0.6 is 0 Å². The zero-order valence-electron chi connectivity index (χ0n) is 22.6. The average Bonchev–Trinajstić information content (AvgIpc) is 3.07. The molecular weight excluding hydrogens is 444 g/mol. The third-order valence-electron chi connectivity index (χ3n) is 11.3. The van der Waals surface area contributed by atoms with E-state index in [-0.39, 0.29) is 41.5 Å². The molecule has 0 spiro atoms. The second-order valence-corrected chi connectivity index (χ2v) is 13.5. The van der Waals surface area contributed by atoms with Crippen molar-refractivity contribution in [1.82, 2.24) is 0 Å². The number of hydrogen-bond acceptors (Lipinski definition) is 6. The molecule has 0 radical (unpaired) electrons. The van der Waals surface area contributed by atoms with E-state index in [1.807, 2.05) is 0 Å². The van der Waals surface area contributed by atoms with Crippen LogP contribution < -0.4 is 0 Å². The molecule has 11 atom stereocenters. The highest BCUT2D eigenvalue weighted by Gasteiger charge is 2.70. The Bertz CT molecular complexity index is 770.